The fourth-order valence-corrected chi connectivity index (χ4v) is 3.73. The molecule has 1 saturated carbocycles. The lowest BCUT2D eigenvalue weighted by Gasteiger charge is -2.25. The molecule has 1 aliphatic rings. The van der Waals surface area contributed by atoms with Gasteiger partial charge in [0.15, 0.2) is 0 Å². The van der Waals surface area contributed by atoms with E-state index in [1.54, 1.807) is 12.1 Å². The van der Waals surface area contributed by atoms with E-state index in [0.29, 0.717) is 12.2 Å². The Bertz CT molecular complexity index is 650. The van der Waals surface area contributed by atoms with Gasteiger partial charge in [0.25, 0.3) is 0 Å². The Labute approximate surface area is 131 Å². The maximum absolute atomic E-state index is 12.5. The number of rotatable bonds is 5. The Morgan fingerprint density at radius 2 is 1.95 bits per heavy atom. The molecule has 3 N–H and O–H groups in total. The molecule has 122 valence electrons. The van der Waals surface area contributed by atoms with Crippen molar-refractivity contribution in [3.8, 4) is 0 Å². The number of nitrogens with two attached hydrogens (primary N) is 1. The van der Waals surface area contributed by atoms with Gasteiger partial charge >= 0.3 is 0 Å². The summed E-state index contributed by atoms with van der Waals surface area (Å²) in [6.07, 6.45) is 3.56. The summed E-state index contributed by atoms with van der Waals surface area (Å²) in [5.41, 5.74) is 5.76. The highest BCUT2D eigenvalue weighted by Gasteiger charge is 2.39. The topological polar surface area (TPSA) is 92.5 Å². The minimum absolute atomic E-state index is 0.119. The van der Waals surface area contributed by atoms with Crippen molar-refractivity contribution in [3.05, 3.63) is 24.3 Å². The summed E-state index contributed by atoms with van der Waals surface area (Å²) in [6.45, 7) is 0.314. The summed E-state index contributed by atoms with van der Waals surface area (Å²) in [5.74, 6) is -0.119. The van der Waals surface area contributed by atoms with E-state index in [9.17, 15) is 13.2 Å². The quantitative estimate of drug-likeness (QED) is 0.856. The second-order valence-corrected chi connectivity index (χ2v) is 8.11. The molecule has 0 aromatic heterocycles. The number of hydrogen-bond donors (Lipinski definition) is 2. The molecular formula is C15H23N3O3S. The van der Waals surface area contributed by atoms with Gasteiger partial charge in [0.05, 0.1) is 10.3 Å². The van der Waals surface area contributed by atoms with E-state index in [-0.39, 0.29) is 10.8 Å². The van der Waals surface area contributed by atoms with Crippen LogP contribution in [0.2, 0.25) is 0 Å². The number of carbonyl (C=O) groups excluding carboxylic acids is 1. The minimum atomic E-state index is -3.52. The third-order valence-corrected chi connectivity index (χ3v) is 6.11. The Balaban J connectivity index is 2.23. The predicted octanol–water partition coefficient (Wildman–Crippen LogP) is 1.39. The molecule has 0 aliphatic heterocycles. The number of benzene rings is 1. The van der Waals surface area contributed by atoms with Gasteiger partial charge < -0.3 is 11.1 Å². The van der Waals surface area contributed by atoms with Crippen LogP contribution >= 0.6 is 0 Å². The molecule has 0 spiro atoms. The van der Waals surface area contributed by atoms with Crippen molar-refractivity contribution in [1.82, 2.24) is 4.31 Å². The first-order valence-electron chi connectivity index (χ1n) is 7.36. The SMILES string of the molecule is CN(C)S(=O)(=O)c1cccc(NC(=O)C2(CN)CCCC2)c1. The van der Waals surface area contributed by atoms with Gasteiger partial charge in [-0.05, 0) is 31.0 Å². The molecule has 1 amide bonds. The molecule has 1 fully saturated rings. The Morgan fingerprint density at radius 1 is 1.32 bits per heavy atom. The predicted molar refractivity (Wildman–Crippen MR) is 85.9 cm³/mol. The van der Waals surface area contributed by atoms with Crippen LogP contribution in [0.5, 0.6) is 0 Å². The van der Waals surface area contributed by atoms with Crippen LogP contribution in [-0.2, 0) is 14.8 Å². The molecule has 6 nitrogen and oxygen atoms in total. The zero-order valence-corrected chi connectivity index (χ0v) is 13.8. The molecule has 7 heteroatoms. The fourth-order valence-electron chi connectivity index (χ4n) is 2.78. The average molecular weight is 325 g/mol. The summed E-state index contributed by atoms with van der Waals surface area (Å²) in [6, 6.07) is 6.30. The van der Waals surface area contributed by atoms with Crippen LogP contribution in [-0.4, -0.2) is 39.3 Å². The summed E-state index contributed by atoms with van der Waals surface area (Å²) in [7, 11) is -0.568. The molecule has 0 heterocycles. The highest BCUT2D eigenvalue weighted by molar-refractivity contribution is 7.89. The fraction of sp³-hybridized carbons (Fsp3) is 0.533. The van der Waals surface area contributed by atoms with Gasteiger partial charge in [0, 0.05) is 26.3 Å². The smallest absolute Gasteiger partial charge is 0.242 e. The number of hydrogen-bond acceptors (Lipinski definition) is 4. The monoisotopic (exact) mass is 325 g/mol. The maximum Gasteiger partial charge on any atom is 0.242 e. The highest BCUT2D eigenvalue weighted by atomic mass is 32.2. The third kappa shape index (κ3) is 3.16. The van der Waals surface area contributed by atoms with Crippen LogP contribution in [0.3, 0.4) is 0 Å². The lowest BCUT2D eigenvalue weighted by Crippen LogP contribution is -2.40. The van der Waals surface area contributed by atoms with Crippen LogP contribution in [0, 0.1) is 5.41 Å². The van der Waals surface area contributed by atoms with Gasteiger partial charge in [0.1, 0.15) is 0 Å². The molecule has 1 aromatic carbocycles. The summed E-state index contributed by atoms with van der Waals surface area (Å²) >= 11 is 0. The van der Waals surface area contributed by atoms with Crippen molar-refractivity contribution in [2.45, 2.75) is 30.6 Å². The van der Waals surface area contributed by atoms with Gasteiger partial charge in [-0.25, -0.2) is 12.7 Å². The summed E-state index contributed by atoms with van der Waals surface area (Å²) in [5, 5.41) is 2.83. The molecule has 2 rings (SSSR count). The van der Waals surface area contributed by atoms with Crippen molar-refractivity contribution in [3.63, 3.8) is 0 Å². The first kappa shape index (κ1) is 16.9. The van der Waals surface area contributed by atoms with E-state index in [1.165, 1.54) is 26.2 Å². The van der Waals surface area contributed by atoms with Crippen LogP contribution in [0.25, 0.3) is 0 Å². The third-order valence-electron chi connectivity index (χ3n) is 4.30. The van der Waals surface area contributed by atoms with E-state index in [1.807, 2.05) is 0 Å². The second kappa shape index (κ2) is 6.36. The van der Waals surface area contributed by atoms with Gasteiger partial charge in [-0.15, -0.1) is 0 Å². The molecule has 1 aromatic rings. The van der Waals surface area contributed by atoms with E-state index in [4.69, 9.17) is 5.73 Å². The van der Waals surface area contributed by atoms with Crippen LogP contribution in [0.15, 0.2) is 29.2 Å². The van der Waals surface area contributed by atoms with Crippen molar-refractivity contribution in [2.24, 2.45) is 11.1 Å². The van der Waals surface area contributed by atoms with Crippen LogP contribution in [0.1, 0.15) is 25.7 Å². The standard InChI is InChI=1S/C15H23N3O3S/c1-18(2)22(20,21)13-7-5-6-12(10-13)17-14(19)15(11-16)8-3-4-9-15/h5-7,10H,3-4,8-9,11,16H2,1-2H3,(H,17,19). The lowest BCUT2D eigenvalue weighted by molar-refractivity contribution is -0.124. The summed E-state index contributed by atoms with van der Waals surface area (Å²) in [4.78, 5) is 12.7. The van der Waals surface area contributed by atoms with Crippen LogP contribution < -0.4 is 11.1 Å². The van der Waals surface area contributed by atoms with E-state index < -0.39 is 15.4 Å². The number of nitrogens with one attached hydrogen (secondary N) is 1. The molecule has 22 heavy (non-hydrogen) atoms. The number of carbonyl (C=O) groups is 1. The van der Waals surface area contributed by atoms with Gasteiger partial charge in [-0.3, -0.25) is 4.79 Å². The first-order valence-corrected chi connectivity index (χ1v) is 8.80. The zero-order chi connectivity index (χ0) is 16.4. The first-order chi connectivity index (χ1) is 10.3. The average Bonchev–Trinajstić information content (AvgIpc) is 2.97. The number of sulfonamides is 1. The largest absolute Gasteiger partial charge is 0.329 e. The highest BCUT2D eigenvalue weighted by Crippen LogP contribution is 2.38. The van der Waals surface area contributed by atoms with Gasteiger partial charge in [0.2, 0.25) is 15.9 Å². The number of amides is 1. The van der Waals surface area contributed by atoms with Crippen molar-refractivity contribution < 1.29 is 13.2 Å². The van der Waals surface area contributed by atoms with E-state index in [0.717, 1.165) is 30.0 Å². The van der Waals surface area contributed by atoms with Gasteiger partial charge in [-0.2, -0.15) is 0 Å². The van der Waals surface area contributed by atoms with Crippen molar-refractivity contribution in [2.75, 3.05) is 26.0 Å². The van der Waals surface area contributed by atoms with Crippen LogP contribution in [0.4, 0.5) is 5.69 Å². The molecule has 0 radical (unpaired) electrons. The zero-order valence-electron chi connectivity index (χ0n) is 13.0. The maximum atomic E-state index is 12.5. The van der Waals surface area contributed by atoms with E-state index in [2.05, 4.69) is 5.32 Å². The Hall–Kier alpha value is -1.44. The van der Waals surface area contributed by atoms with Gasteiger partial charge in [-0.1, -0.05) is 18.9 Å². The molecular weight excluding hydrogens is 302 g/mol. The van der Waals surface area contributed by atoms with Crippen molar-refractivity contribution in [1.29, 1.82) is 0 Å². The molecule has 0 saturated heterocycles. The number of nitrogens with zero attached hydrogens (tertiary/aromatic N) is 1. The molecule has 1 aliphatic carbocycles. The lowest BCUT2D eigenvalue weighted by atomic mass is 9.85. The Morgan fingerprint density at radius 3 is 2.50 bits per heavy atom. The van der Waals surface area contributed by atoms with Crippen molar-refractivity contribution >= 4 is 21.6 Å². The number of anilines is 1. The molecule has 0 atom stereocenters. The molecule has 0 unspecified atom stereocenters. The normalized spacial score (nSPS) is 17.6. The Kier molecular flexibility index (Phi) is 4.89. The van der Waals surface area contributed by atoms with E-state index >= 15 is 0 Å². The summed E-state index contributed by atoms with van der Waals surface area (Å²) < 4.78 is 25.4. The second-order valence-electron chi connectivity index (χ2n) is 5.96. The minimum Gasteiger partial charge on any atom is -0.329 e. The molecule has 0 bridgehead atoms.